The van der Waals surface area contributed by atoms with Crippen molar-refractivity contribution in [2.75, 3.05) is 5.01 Å². The molecule has 2 aromatic carbocycles. The highest BCUT2D eigenvalue weighted by molar-refractivity contribution is 6.31. The van der Waals surface area contributed by atoms with Crippen LogP contribution in [-0.2, 0) is 9.59 Å². The number of phenolic OH excluding ortho intramolecular Hbond substituents is 1. The first-order valence-electron chi connectivity index (χ1n) is 6.36. The first-order valence-corrected chi connectivity index (χ1v) is 6.36. The molecule has 5 nitrogen and oxygen atoms in total. The summed E-state index contributed by atoms with van der Waals surface area (Å²) in [5, 5.41) is 10.5. The van der Waals surface area contributed by atoms with E-state index in [1.165, 1.54) is 23.2 Å². The zero-order valence-corrected chi connectivity index (χ0v) is 11.0. The Balaban J connectivity index is 1.92. The summed E-state index contributed by atoms with van der Waals surface area (Å²) >= 11 is 0. The Hall–Kier alpha value is -3.08. The van der Waals surface area contributed by atoms with Crippen LogP contribution >= 0.6 is 0 Å². The number of nitrogens with one attached hydrogen (secondary N) is 1. The molecule has 0 saturated carbocycles. The van der Waals surface area contributed by atoms with Crippen molar-refractivity contribution < 1.29 is 14.7 Å². The van der Waals surface area contributed by atoms with E-state index < -0.39 is 11.8 Å². The molecule has 1 heterocycles. The van der Waals surface area contributed by atoms with Crippen LogP contribution in [0.4, 0.5) is 5.69 Å². The zero-order chi connectivity index (χ0) is 14.8. The molecular weight excluding hydrogens is 268 g/mol. The van der Waals surface area contributed by atoms with Crippen molar-refractivity contribution in [1.29, 1.82) is 0 Å². The van der Waals surface area contributed by atoms with Gasteiger partial charge in [0.25, 0.3) is 11.8 Å². The van der Waals surface area contributed by atoms with Gasteiger partial charge in [-0.25, -0.2) is 5.01 Å². The van der Waals surface area contributed by atoms with Gasteiger partial charge in [-0.2, -0.15) is 0 Å². The number of aromatic hydroxyl groups is 1. The summed E-state index contributed by atoms with van der Waals surface area (Å²) in [6.45, 7) is 0. The molecule has 1 aliphatic heterocycles. The summed E-state index contributed by atoms with van der Waals surface area (Å²) in [5.74, 6) is -0.721. The predicted octanol–water partition coefficient (Wildman–Crippen LogP) is 1.85. The van der Waals surface area contributed by atoms with Crippen LogP contribution in [-0.4, -0.2) is 16.9 Å². The Bertz CT molecular complexity index is 721. The number of phenols is 1. The van der Waals surface area contributed by atoms with E-state index in [-0.39, 0.29) is 11.3 Å². The van der Waals surface area contributed by atoms with Crippen molar-refractivity contribution in [3.05, 3.63) is 65.7 Å². The summed E-state index contributed by atoms with van der Waals surface area (Å²) in [4.78, 5) is 24.3. The van der Waals surface area contributed by atoms with Gasteiger partial charge in [0.15, 0.2) is 0 Å². The van der Waals surface area contributed by atoms with Crippen LogP contribution in [0, 0.1) is 0 Å². The number of carbonyl (C=O) groups excluding carboxylic acids is 2. The molecule has 0 atom stereocenters. The molecule has 104 valence electrons. The molecule has 0 bridgehead atoms. The minimum Gasteiger partial charge on any atom is -0.508 e. The predicted molar refractivity (Wildman–Crippen MR) is 78.2 cm³/mol. The van der Waals surface area contributed by atoms with Crippen molar-refractivity contribution in [1.82, 2.24) is 5.43 Å². The van der Waals surface area contributed by atoms with E-state index in [2.05, 4.69) is 5.43 Å². The number of amides is 2. The number of para-hydroxylation sites is 1. The van der Waals surface area contributed by atoms with Gasteiger partial charge < -0.3 is 5.11 Å². The second-order valence-electron chi connectivity index (χ2n) is 4.57. The number of hydrogen-bond donors (Lipinski definition) is 2. The Labute approximate surface area is 121 Å². The Morgan fingerprint density at radius 1 is 0.952 bits per heavy atom. The Kier molecular flexibility index (Phi) is 3.16. The number of rotatable bonds is 2. The number of hydrogen-bond acceptors (Lipinski definition) is 3. The SMILES string of the molecule is O=C1NN(c2ccccc2)C(=O)/C1=C\c1ccc(O)cc1. The van der Waals surface area contributed by atoms with Crippen molar-refractivity contribution in [2.24, 2.45) is 0 Å². The van der Waals surface area contributed by atoms with Crippen LogP contribution in [0.15, 0.2) is 60.2 Å². The van der Waals surface area contributed by atoms with Gasteiger partial charge in [0, 0.05) is 0 Å². The fourth-order valence-electron chi connectivity index (χ4n) is 2.05. The molecule has 2 amide bonds. The lowest BCUT2D eigenvalue weighted by Crippen LogP contribution is -2.35. The second-order valence-corrected chi connectivity index (χ2v) is 4.57. The molecule has 0 aromatic heterocycles. The van der Waals surface area contributed by atoms with Crippen molar-refractivity contribution in [3.63, 3.8) is 0 Å². The van der Waals surface area contributed by atoms with E-state index in [1.54, 1.807) is 36.4 Å². The third kappa shape index (κ3) is 2.49. The average Bonchev–Trinajstić information content (AvgIpc) is 2.78. The lowest BCUT2D eigenvalue weighted by atomic mass is 10.1. The van der Waals surface area contributed by atoms with Crippen LogP contribution in [0.5, 0.6) is 5.75 Å². The molecule has 1 aliphatic rings. The van der Waals surface area contributed by atoms with Crippen molar-refractivity contribution >= 4 is 23.6 Å². The smallest absolute Gasteiger partial charge is 0.282 e. The number of anilines is 1. The molecule has 0 spiro atoms. The van der Waals surface area contributed by atoms with Crippen LogP contribution in [0.3, 0.4) is 0 Å². The Morgan fingerprint density at radius 3 is 2.29 bits per heavy atom. The summed E-state index contributed by atoms with van der Waals surface area (Å²) in [5.41, 5.74) is 3.86. The lowest BCUT2D eigenvalue weighted by Gasteiger charge is -2.13. The maximum absolute atomic E-state index is 12.3. The van der Waals surface area contributed by atoms with Gasteiger partial charge in [-0.3, -0.25) is 15.0 Å². The molecule has 5 heteroatoms. The molecule has 1 saturated heterocycles. The first-order chi connectivity index (χ1) is 10.1. The summed E-state index contributed by atoms with van der Waals surface area (Å²) < 4.78 is 0. The molecule has 3 rings (SSSR count). The molecular formula is C16H12N2O3. The fourth-order valence-corrected chi connectivity index (χ4v) is 2.05. The maximum atomic E-state index is 12.3. The number of nitrogens with zero attached hydrogens (tertiary/aromatic N) is 1. The van der Waals surface area contributed by atoms with Gasteiger partial charge >= 0.3 is 0 Å². The molecule has 0 aliphatic carbocycles. The zero-order valence-electron chi connectivity index (χ0n) is 11.0. The largest absolute Gasteiger partial charge is 0.508 e. The molecule has 21 heavy (non-hydrogen) atoms. The van der Waals surface area contributed by atoms with Crippen LogP contribution in [0.2, 0.25) is 0 Å². The van der Waals surface area contributed by atoms with E-state index in [0.29, 0.717) is 11.3 Å². The molecule has 2 aromatic rings. The minimum atomic E-state index is -0.447. The van der Waals surface area contributed by atoms with E-state index in [9.17, 15) is 14.7 Å². The number of benzene rings is 2. The van der Waals surface area contributed by atoms with Crippen LogP contribution in [0.25, 0.3) is 6.08 Å². The van der Waals surface area contributed by atoms with Gasteiger partial charge in [-0.15, -0.1) is 0 Å². The highest BCUT2D eigenvalue weighted by Crippen LogP contribution is 2.21. The second kappa shape index (κ2) is 5.13. The van der Waals surface area contributed by atoms with Gasteiger partial charge in [0.05, 0.1) is 5.69 Å². The maximum Gasteiger partial charge on any atom is 0.282 e. The number of hydrazine groups is 1. The quantitative estimate of drug-likeness (QED) is 0.651. The highest BCUT2D eigenvalue weighted by atomic mass is 16.3. The van der Waals surface area contributed by atoms with Gasteiger partial charge in [-0.1, -0.05) is 30.3 Å². The average molecular weight is 280 g/mol. The summed E-state index contributed by atoms with van der Waals surface area (Å²) in [6, 6.07) is 15.1. The van der Waals surface area contributed by atoms with Crippen molar-refractivity contribution in [2.45, 2.75) is 0 Å². The van der Waals surface area contributed by atoms with Gasteiger partial charge in [-0.05, 0) is 35.9 Å². The lowest BCUT2D eigenvalue weighted by molar-refractivity contribution is -0.117. The monoisotopic (exact) mass is 280 g/mol. The van der Waals surface area contributed by atoms with E-state index >= 15 is 0 Å². The minimum absolute atomic E-state index is 0.0598. The molecule has 0 unspecified atom stereocenters. The highest BCUT2D eigenvalue weighted by Gasteiger charge is 2.34. The summed E-state index contributed by atoms with van der Waals surface area (Å²) in [7, 11) is 0. The fraction of sp³-hybridized carbons (Fsp3) is 0. The Morgan fingerprint density at radius 2 is 1.62 bits per heavy atom. The van der Waals surface area contributed by atoms with Crippen molar-refractivity contribution in [3.8, 4) is 5.75 Å². The van der Waals surface area contributed by atoms with E-state index in [1.807, 2.05) is 6.07 Å². The normalized spacial score (nSPS) is 16.4. The first kappa shape index (κ1) is 12.9. The molecule has 0 radical (unpaired) electrons. The van der Waals surface area contributed by atoms with E-state index in [4.69, 9.17) is 0 Å². The molecule has 1 fully saturated rings. The van der Waals surface area contributed by atoms with Gasteiger partial charge in [0.1, 0.15) is 11.3 Å². The van der Waals surface area contributed by atoms with Gasteiger partial charge in [0.2, 0.25) is 0 Å². The third-order valence-electron chi connectivity index (χ3n) is 3.11. The van der Waals surface area contributed by atoms with Crippen LogP contribution < -0.4 is 10.4 Å². The topological polar surface area (TPSA) is 69.6 Å². The third-order valence-corrected chi connectivity index (χ3v) is 3.11. The van der Waals surface area contributed by atoms with E-state index in [0.717, 1.165) is 0 Å². The summed E-state index contributed by atoms with van der Waals surface area (Å²) in [6.07, 6.45) is 1.50. The number of carbonyl (C=O) groups is 2. The van der Waals surface area contributed by atoms with Crippen LogP contribution in [0.1, 0.15) is 5.56 Å². The standard InChI is InChI=1S/C16H12N2O3/c19-13-8-6-11(7-9-13)10-14-15(20)17-18(16(14)21)12-4-2-1-3-5-12/h1-10,19H,(H,17,20)/b14-10-. The molecule has 2 N–H and O–H groups in total.